The molecule has 2 atom stereocenters. The highest BCUT2D eigenvalue weighted by Gasteiger charge is 2.21. The Morgan fingerprint density at radius 2 is 1.69 bits per heavy atom. The van der Waals surface area contributed by atoms with Crippen LogP contribution in [-0.2, 0) is 0 Å². The van der Waals surface area contributed by atoms with Crippen LogP contribution < -0.4 is 5.73 Å². The molecule has 0 spiro atoms. The fourth-order valence-electron chi connectivity index (χ4n) is 2.08. The zero-order valence-corrected chi connectivity index (χ0v) is 8.54. The molecule has 0 radical (unpaired) electrons. The number of nitrogens with two attached hydrogens (primary N) is 1. The minimum absolute atomic E-state index is 0. The lowest BCUT2D eigenvalue weighted by Crippen LogP contribution is -2.34. The lowest BCUT2D eigenvalue weighted by Gasteiger charge is -2.29. The van der Waals surface area contributed by atoms with Gasteiger partial charge in [-0.05, 0) is 25.0 Å². The number of rotatable bonds is 1. The highest BCUT2D eigenvalue weighted by molar-refractivity contribution is 5.85. The van der Waals surface area contributed by atoms with Gasteiger partial charge in [0.25, 0.3) is 0 Å². The van der Waals surface area contributed by atoms with Gasteiger partial charge in [0.05, 0.1) is 0 Å². The number of hydrogen-bond donors (Lipinski definition) is 1. The van der Waals surface area contributed by atoms with E-state index in [0.29, 0.717) is 12.1 Å². The Bertz CT molecular complexity index is 233. The van der Waals surface area contributed by atoms with Gasteiger partial charge in [-0.15, -0.1) is 12.4 Å². The molecule has 74 valence electrons. The lowest BCUT2D eigenvalue weighted by atomic mass is 9.91. The Morgan fingerprint density at radius 3 is 2.31 bits per heavy atom. The Balaban J connectivity index is 0.000000845. The fourth-order valence-corrected chi connectivity index (χ4v) is 2.08. The van der Waals surface area contributed by atoms with Gasteiger partial charge in [0.15, 0.2) is 0 Å². The highest BCUT2D eigenvalue weighted by Crippen LogP contribution is 2.26. The summed E-state index contributed by atoms with van der Waals surface area (Å²) in [6.07, 6.45) is 9.31. The van der Waals surface area contributed by atoms with E-state index in [9.17, 15) is 0 Å². The molecule has 2 rings (SSSR count). The Kier molecular flexibility index (Phi) is 3.82. The van der Waals surface area contributed by atoms with Crippen LogP contribution in [0.2, 0.25) is 0 Å². The molecule has 1 aliphatic rings. The van der Waals surface area contributed by atoms with Crippen molar-refractivity contribution in [2.45, 2.75) is 37.8 Å². The minimum Gasteiger partial charge on any atom is -0.350 e. The molecule has 1 aromatic rings. The van der Waals surface area contributed by atoms with E-state index >= 15 is 0 Å². The summed E-state index contributed by atoms with van der Waals surface area (Å²) in [7, 11) is 0. The van der Waals surface area contributed by atoms with Crippen molar-refractivity contribution in [1.29, 1.82) is 0 Å². The Morgan fingerprint density at radius 1 is 1.08 bits per heavy atom. The first kappa shape index (κ1) is 10.6. The van der Waals surface area contributed by atoms with E-state index in [1.807, 2.05) is 0 Å². The predicted octanol–water partition coefficient (Wildman–Crippen LogP) is 2.35. The Hall–Kier alpha value is -0.470. The van der Waals surface area contributed by atoms with Gasteiger partial charge < -0.3 is 10.3 Å². The summed E-state index contributed by atoms with van der Waals surface area (Å²) in [4.78, 5) is 0. The molecule has 0 aromatic carbocycles. The third kappa shape index (κ3) is 2.26. The van der Waals surface area contributed by atoms with Crippen molar-refractivity contribution in [2.24, 2.45) is 5.73 Å². The summed E-state index contributed by atoms with van der Waals surface area (Å²) < 4.78 is 2.25. The van der Waals surface area contributed by atoms with Crippen LogP contribution in [0.25, 0.3) is 0 Å². The molecule has 13 heavy (non-hydrogen) atoms. The summed E-state index contributed by atoms with van der Waals surface area (Å²) in [5.41, 5.74) is 6.05. The lowest BCUT2D eigenvalue weighted by molar-refractivity contribution is 0.307. The molecule has 1 saturated carbocycles. The maximum atomic E-state index is 6.05. The zero-order valence-electron chi connectivity index (χ0n) is 7.73. The van der Waals surface area contributed by atoms with Crippen LogP contribution in [0, 0.1) is 0 Å². The third-order valence-electron chi connectivity index (χ3n) is 2.79. The van der Waals surface area contributed by atoms with Gasteiger partial charge >= 0.3 is 0 Å². The van der Waals surface area contributed by atoms with E-state index in [2.05, 4.69) is 29.1 Å². The molecule has 1 aromatic heterocycles. The average molecular weight is 201 g/mol. The molecule has 0 aliphatic heterocycles. The summed E-state index contributed by atoms with van der Waals surface area (Å²) >= 11 is 0. The largest absolute Gasteiger partial charge is 0.350 e. The Labute approximate surface area is 85.5 Å². The van der Waals surface area contributed by atoms with Crippen LogP contribution in [0.4, 0.5) is 0 Å². The van der Waals surface area contributed by atoms with E-state index in [0.717, 1.165) is 0 Å². The van der Waals surface area contributed by atoms with Crippen LogP contribution in [0.3, 0.4) is 0 Å². The van der Waals surface area contributed by atoms with Gasteiger partial charge in [-0.2, -0.15) is 0 Å². The topological polar surface area (TPSA) is 30.9 Å². The van der Waals surface area contributed by atoms with Crippen molar-refractivity contribution < 1.29 is 0 Å². The fraction of sp³-hybridized carbons (Fsp3) is 0.600. The number of halogens is 1. The number of hydrogen-bond acceptors (Lipinski definition) is 1. The highest BCUT2D eigenvalue weighted by atomic mass is 35.5. The number of nitrogens with zero attached hydrogens (tertiary/aromatic N) is 1. The molecule has 2 nitrogen and oxygen atoms in total. The maximum absolute atomic E-state index is 6.05. The van der Waals surface area contributed by atoms with Crippen molar-refractivity contribution in [3.05, 3.63) is 24.5 Å². The van der Waals surface area contributed by atoms with Crippen molar-refractivity contribution in [3.8, 4) is 0 Å². The van der Waals surface area contributed by atoms with Crippen molar-refractivity contribution in [1.82, 2.24) is 4.57 Å². The van der Waals surface area contributed by atoms with Gasteiger partial charge in [0.1, 0.15) is 0 Å². The summed E-state index contributed by atoms with van der Waals surface area (Å²) in [5, 5.41) is 0. The monoisotopic (exact) mass is 200 g/mol. The predicted molar refractivity (Wildman–Crippen MR) is 57.2 cm³/mol. The first-order chi connectivity index (χ1) is 5.88. The zero-order chi connectivity index (χ0) is 8.39. The SMILES string of the molecule is Cl.N[C@@H]1CCCC[C@H]1n1cccc1. The summed E-state index contributed by atoms with van der Waals surface area (Å²) in [6, 6.07) is 5.06. The van der Waals surface area contributed by atoms with Crippen molar-refractivity contribution >= 4 is 12.4 Å². The van der Waals surface area contributed by atoms with E-state index in [-0.39, 0.29) is 12.4 Å². The summed E-state index contributed by atoms with van der Waals surface area (Å²) in [5.74, 6) is 0. The molecule has 1 heterocycles. The van der Waals surface area contributed by atoms with Gasteiger partial charge in [0.2, 0.25) is 0 Å². The van der Waals surface area contributed by atoms with E-state index in [1.165, 1.54) is 25.7 Å². The first-order valence-corrected chi connectivity index (χ1v) is 4.76. The normalized spacial score (nSPS) is 28.1. The molecule has 2 N–H and O–H groups in total. The van der Waals surface area contributed by atoms with Gasteiger partial charge in [-0.3, -0.25) is 0 Å². The van der Waals surface area contributed by atoms with Gasteiger partial charge in [0, 0.05) is 24.5 Å². The van der Waals surface area contributed by atoms with Crippen LogP contribution in [0.1, 0.15) is 31.7 Å². The van der Waals surface area contributed by atoms with E-state index < -0.39 is 0 Å². The second-order valence-electron chi connectivity index (χ2n) is 3.65. The van der Waals surface area contributed by atoms with E-state index in [4.69, 9.17) is 5.73 Å². The van der Waals surface area contributed by atoms with Crippen molar-refractivity contribution in [3.63, 3.8) is 0 Å². The number of aromatic nitrogens is 1. The molecule has 3 heteroatoms. The minimum atomic E-state index is 0. The molecule has 0 bridgehead atoms. The molecule has 0 unspecified atom stereocenters. The molecular formula is C10H17ClN2. The van der Waals surface area contributed by atoms with Gasteiger partial charge in [-0.1, -0.05) is 12.8 Å². The van der Waals surface area contributed by atoms with Crippen LogP contribution in [-0.4, -0.2) is 10.6 Å². The quantitative estimate of drug-likeness (QED) is 0.742. The molecule has 1 fully saturated rings. The molecule has 1 aliphatic carbocycles. The maximum Gasteiger partial charge on any atom is 0.0481 e. The van der Waals surface area contributed by atoms with Crippen LogP contribution in [0.15, 0.2) is 24.5 Å². The van der Waals surface area contributed by atoms with Crippen molar-refractivity contribution in [2.75, 3.05) is 0 Å². The summed E-state index contributed by atoms with van der Waals surface area (Å²) in [6.45, 7) is 0. The first-order valence-electron chi connectivity index (χ1n) is 4.76. The van der Waals surface area contributed by atoms with E-state index in [1.54, 1.807) is 0 Å². The molecular weight excluding hydrogens is 184 g/mol. The molecule has 0 saturated heterocycles. The van der Waals surface area contributed by atoms with Crippen LogP contribution in [0.5, 0.6) is 0 Å². The average Bonchev–Trinajstić information content (AvgIpc) is 2.57. The third-order valence-corrected chi connectivity index (χ3v) is 2.79. The second kappa shape index (κ2) is 4.68. The smallest absolute Gasteiger partial charge is 0.0481 e. The standard InChI is InChI=1S/C10H16N2.ClH/c11-9-5-1-2-6-10(9)12-7-3-4-8-12;/h3-4,7-10H,1-2,5-6,11H2;1H/t9-,10-;/m1./s1. The van der Waals surface area contributed by atoms with Gasteiger partial charge in [-0.25, -0.2) is 0 Å². The molecule has 0 amide bonds. The second-order valence-corrected chi connectivity index (χ2v) is 3.65. The van der Waals surface area contributed by atoms with Crippen LogP contribution >= 0.6 is 12.4 Å².